The summed E-state index contributed by atoms with van der Waals surface area (Å²) in [5, 5.41) is 8.91. The predicted octanol–water partition coefficient (Wildman–Crippen LogP) is 1.73. The first-order valence-corrected chi connectivity index (χ1v) is 6.04. The lowest BCUT2D eigenvalue weighted by molar-refractivity contribution is -0.121. The van der Waals surface area contributed by atoms with Crippen LogP contribution in [0.25, 0.3) is 0 Å². The van der Waals surface area contributed by atoms with E-state index in [4.69, 9.17) is 10.00 Å². The highest BCUT2D eigenvalue weighted by molar-refractivity contribution is 5.79. The second kappa shape index (κ2) is 5.65. The third-order valence-corrected chi connectivity index (χ3v) is 3.21. The van der Waals surface area contributed by atoms with Crippen LogP contribution in [0.2, 0.25) is 0 Å². The first-order valence-electron chi connectivity index (χ1n) is 6.04. The number of ketones is 1. The summed E-state index contributed by atoms with van der Waals surface area (Å²) in [5.41, 5.74) is 1.66. The molecule has 0 bridgehead atoms. The zero-order valence-electron chi connectivity index (χ0n) is 10.5. The summed E-state index contributed by atoms with van der Waals surface area (Å²) in [6.07, 6.45) is 1.29. The van der Waals surface area contributed by atoms with Gasteiger partial charge in [-0.3, -0.25) is 9.69 Å². The molecular formula is C14H16N2O2. The Morgan fingerprint density at radius 1 is 1.39 bits per heavy atom. The van der Waals surface area contributed by atoms with E-state index in [1.165, 1.54) is 0 Å². The molecule has 94 valence electrons. The van der Waals surface area contributed by atoms with Crippen LogP contribution >= 0.6 is 0 Å². The van der Waals surface area contributed by atoms with E-state index in [-0.39, 0.29) is 0 Å². The van der Waals surface area contributed by atoms with E-state index in [0.717, 1.165) is 25.2 Å². The lowest BCUT2D eigenvalue weighted by Crippen LogP contribution is -2.33. The maximum Gasteiger partial charge on any atom is 0.136 e. The molecule has 0 amide bonds. The van der Waals surface area contributed by atoms with Crippen LogP contribution in [0.3, 0.4) is 0 Å². The van der Waals surface area contributed by atoms with Gasteiger partial charge in [-0.2, -0.15) is 5.26 Å². The van der Waals surface area contributed by atoms with Crippen LogP contribution in [-0.2, 0) is 11.3 Å². The summed E-state index contributed by atoms with van der Waals surface area (Å²) in [6, 6.07) is 7.72. The van der Waals surface area contributed by atoms with Gasteiger partial charge >= 0.3 is 0 Å². The standard InChI is InChI=1S/C14H16N2O2/c1-18-14-8-11(2-3-12(14)9-15)10-16-6-4-13(17)5-7-16/h2-3,8H,4-7,10H2,1H3. The molecule has 4 nitrogen and oxygen atoms in total. The Bertz CT molecular complexity index is 481. The second-order valence-corrected chi connectivity index (χ2v) is 4.46. The summed E-state index contributed by atoms with van der Waals surface area (Å²) in [5.74, 6) is 0.965. The normalized spacial score (nSPS) is 16.3. The number of likely N-dealkylation sites (tertiary alicyclic amines) is 1. The minimum absolute atomic E-state index is 0.351. The summed E-state index contributed by atoms with van der Waals surface area (Å²) in [6.45, 7) is 2.44. The van der Waals surface area contributed by atoms with Crippen LogP contribution in [0.1, 0.15) is 24.0 Å². The molecule has 0 aromatic heterocycles. The van der Waals surface area contributed by atoms with Crippen molar-refractivity contribution in [2.45, 2.75) is 19.4 Å². The van der Waals surface area contributed by atoms with E-state index in [0.29, 0.717) is 29.9 Å². The largest absolute Gasteiger partial charge is 0.495 e. The van der Waals surface area contributed by atoms with Crippen molar-refractivity contribution in [1.29, 1.82) is 5.26 Å². The van der Waals surface area contributed by atoms with Gasteiger partial charge in [0.15, 0.2) is 0 Å². The van der Waals surface area contributed by atoms with Gasteiger partial charge < -0.3 is 4.74 Å². The van der Waals surface area contributed by atoms with E-state index in [9.17, 15) is 4.79 Å². The van der Waals surface area contributed by atoms with E-state index >= 15 is 0 Å². The number of nitriles is 1. The Labute approximate surface area is 107 Å². The molecule has 1 heterocycles. The smallest absolute Gasteiger partial charge is 0.136 e. The van der Waals surface area contributed by atoms with Crippen molar-refractivity contribution in [2.75, 3.05) is 20.2 Å². The molecule has 4 heteroatoms. The number of nitrogens with zero attached hydrogens (tertiary/aromatic N) is 2. The number of rotatable bonds is 3. The molecule has 1 aliphatic heterocycles. The van der Waals surface area contributed by atoms with Crippen LogP contribution < -0.4 is 4.74 Å². The number of methoxy groups -OCH3 is 1. The highest BCUT2D eigenvalue weighted by Gasteiger charge is 2.16. The summed E-state index contributed by atoms with van der Waals surface area (Å²) < 4.78 is 5.19. The zero-order valence-corrected chi connectivity index (χ0v) is 10.5. The molecular weight excluding hydrogens is 228 g/mol. The third-order valence-electron chi connectivity index (χ3n) is 3.21. The number of Topliss-reactive ketones (excluding diaryl/α,β-unsaturated/α-hetero) is 1. The molecule has 0 spiro atoms. The fourth-order valence-electron chi connectivity index (χ4n) is 2.15. The molecule has 1 aliphatic rings. The van der Waals surface area contributed by atoms with Crippen LogP contribution in [0.15, 0.2) is 18.2 Å². The molecule has 1 aromatic carbocycles. The van der Waals surface area contributed by atoms with Crippen molar-refractivity contribution in [1.82, 2.24) is 4.90 Å². The summed E-state index contributed by atoms with van der Waals surface area (Å²) in [7, 11) is 1.57. The maximum atomic E-state index is 11.2. The highest BCUT2D eigenvalue weighted by atomic mass is 16.5. The van der Waals surface area contributed by atoms with Crippen molar-refractivity contribution in [2.24, 2.45) is 0 Å². The van der Waals surface area contributed by atoms with Gasteiger partial charge in [0.1, 0.15) is 17.6 Å². The average molecular weight is 244 g/mol. The molecule has 0 radical (unpaired) electrons. The molecule has 0 N–H and O–H groups in total. The topological polar surface area (TPSA) is 53.3 Å². The number of carbonyl (C=O) groups is 1. The molecule has 1 saturated heterocycles. The van der Waals surface area contributed by atoms with E-state index < -0.39 is 0 Å². The monoisotopic (exact) mass is 244 g/mol. The maximum absolute atomic E-state index is 11.2. The molecule has 0 saturated carbocycles. The number of hydrogen-bond acceptors (Lipinski definition) is 4. The molecule has 0 aliphatic carbocycles. The lowest BCUT2D eigenvalue weighted by Gasteiger charge is -2.25. The number of benzene rings is 1. The quantitative estimate of drug-likeness (QED) is 0.812. The van der Waals surface area contributed by atoms with Crippen molar-refractivity contribution >= 4 is 5.78 Å². The van der Waals surface area contributed by atoms with E-state index in [1.807, 2.05) is 12.1 Å². The van der Waals surface area contributed by atoms with Gasteiger partial charge in [-0.1, -0.05) is 6.07 Å². The molecule has 18 heavy (non-hydrogen) atoms. The van der Waals surface area contributed by atoms with Gasteiger partial charge in [0.2, 0.25) is 0 Å². The number of hydrogen-bond donors (Lipinski definition) is 0. The second-order valence-electron chi connectivity index (χ2n) is 4.46. The zero-order chi connectivity index (χ0) is 13.0. The number of carbonyl (C=O) groups excluding carboxylic acids is 1. The highest BCUT2D eigenvalue weighted by Crippen LogP contribution is 2.21. The van der Waals surface area contributed by atoms with Gasteiger partial charge in [-0.05, 0) is 17.7 Å². The Morgan fingerprint density at radius 3 is 2.72 bits per heavy atom. The van der Waals surface area contributed by atoms with Crippen LogP contribution in [0.5, 0.6) is 5.75 Å². The van der Waals surface area contributed by atoms with Gasteiger partial charge in [0.25, 0.3) is 0 Å². The molecule has 1 fully saturated rings. The fraction of sp³-hybridized carbons (Fsp3) is 0.429. The van der Waals surface area contributed by atoms with Crippen LogP contribution in [0.4, 0.5) is 0 Å². The minimum Gasteiger partial charge on any atom is -0.495 e. The molecule has 0 atom stereocenters. The molecule has 2 rings (SSSR count). The molecule has 1 aromatic rings. The van der Waals surface area contributed by atoms with Crippen LogP contribution in [-0.4, -0.2) is 30.9 Å². The van der Waals surface area contributed by atoms with Crippen molar-refractivity contribution in [3.8, 4) is 11.8 Å². The summed E-state index contributed by atoms with van der Waals surface area (Å²) in [4.78, 5) is 13.4. The predicted molar refractivity (Wildman–Crippen MR) is 67.2 cm³/mol. The van der Waals surface area contributed by atoms with E-state index in [2.05, 4.69) is 11.0 Å². The van der Waals surface area contributed by atoms with Gasteiger partial charge in [0.05, 0.1) is 12.7 Å². The van der Waals surface area contributed by atoms with Crippen molar-refractivity contribution in [3.05, 3.63) is 29.3 Å². The number of piperidine rings is 1. The average Bonchev–Trinajstić information content (AvgIpc) is 2.41. The Hall–Kier alpha value is -1.86. The van der Waals surface area contributed by atoms with Gasteiger partial charge in [-0.25, -0.2) is 0 Å². The Morgan fingerprint density at radius 2 is 2.11 bits per heavy atom. The van der Waals surface area contributed by atoms with Crippen molar-refractivity contribution < 1.29 is 9.53 Å². The van der Waals surface area contributed by atoms with Gasteiger partial charge in [0, 0.05) is 32.5 Å². The van der Waals surface area contributed by atoms with Gasteiger partial charge in [-0.15, -0.1) is 0 Å². The molecule has 0 unspecified atom stereocenters. The third kappa shape index (κ3) is 2.88. The first-order chi connectivity index (χ1) is 8.72. The fourth-order valence-corrected chi connectivity index (χ4v) is 2.15. The first kappa shape index (κ1) is 12.6. The van der Waals surface area contributed by atoms with Crippen molar-refractivity contribution in [3.63, 3.8) is 0 Å². The van der Waals surface area contributed by atoms with E-state index in [1.54, 1.807) is 13.2 Å². The minimum atomic E-state index is 0.351. The SMILES string of the molecule is COc1cc(CN2CCC(=O)CC2)ccc1C#N. The van der Waals surface area contributed by atoms with Crippen LogP contribution in [0, 0.1) is 11.3 Å². The number of ether oxygens (including phenoxy) is 1. The lowest BCUT2D eigenvalue weighted by atomic mass is 10.1. The summed E-state index contributed by atoms with van der Waals surface area (Å²) >= 11 is 0. The Kier molecular flexibility index (Phi) is 3.96. The Balaban J connectivity index is 2.06.